The van der Waals surface area contributed by atoms with Crippen molar-refractivity contribution in [1.29, 1.82) is 0 Å². The van der Waals surface area contributed by atoms with E-state index in [9.17, 15) is 10.2 Å². The highest BCUT2D eigenvalue weighted by atomic mass is 16.3. The molecule has 0 radical (unpaired) electrons. The van der Waals surface area contributed by atoms with Crippen LogP contribution in [0.25, 0.3) is 0 Å². The third-order valence-corrected chi connectivity index (χ3v) is 3.73. The summed E-state index contributed by atoms with van der Waals surface area (Å²) in [5.74, 6) is 1.49. The maximum Gasteiger partial charge on any atom is 0.0575 e. The van der Waals surface area contributed by atoms with Crippen LogP contribution < -0.4 is 0 Å². The molecule has 84 valence electrons. The minimum atomic E-state index is -0.217. The van der Waals surface area contributed by atoms with Crippen molar-refractivity contribution in [2.24, 2.45) is 23.7 Å². The highest BCUT2D eigenvalue weighted by Gasteiger charge is 2.37. The first-order valence-corrected chi connectivity index (χ1v) is 5.79. The molecule has 1 unspecified atom stereocenters. The zero-order valence-electron chi connectivity index (χ0n) is 9.77. The molecule has 0 amide bonds. The van der Waals surface area contributed by atoms with Crippen LogP contribution in [-0.4, -0.2) is 22.4 Å². The van der Waals surface area contributed by atoms with E-state index in [-0.39, 0.29) is 24.0 Å². The average Bonchev–Trinajstić information content (AvgIpc) is 2.07. The number of hydrogen-bond acceptors (Lipinski definition) is 2. The summed E-state index contributed by atoms with van der Waals surface area (Å²) in [4.78, 5) is 0. The van der Waals surface area contributed by atoms with Crippen molar-refractivity contribution in [2.45, 2.75) is 52.7 Å². The number of aliphatic hydroxyl groups excluding tert-OH is 2. The molecule has 0 spiro atoms. The fraction of sp³-hybridized carbons (Fsp3) is 1.00. The van der Waals surface area contributed by atoms with Crippen molar-refractivity contribution >= 4 is 0 Å². The van der Waals surface area contributed by atoms with Crippen LogP contribution in [0.5, 0.6) is 0 Å². The van der Waals surface area contributed by atoms with E-state index in [2.05, 4.69) is 27.7 Å². The van der Waals surface area contributed by atoms with Gasteiger partial charge in [0.2, 0.25) is 0 Å². The summed E-state index contributed by atoms with van der Waals surface area (Å²) in [7, 11) is 0. The Kier molecular flexibility index (Phi) is 3.96. The van der Waals surface area contributed by atoms with E-state index in [4.69, 9.17) is 0 Å². The van der Waals surface area contributed by atoms with Gasteiger partial charge in [0.1, 0.15) is 0 Å². The molecule has 0 aliphatic heterocycles. The summed E-state index contributed by atoms with van der Waals surface area (Å²) in [6.07, 6.45) is 1.10. The smallest absolute Gasteiger partial charge is 0.0575 e. The summed E-state index contributed by atoms with van der Waals surface area (Å²) >= 11 is 0. The Morgan fingerprint density at radius 1 is 0.786 bits per heavy atom. The molecule has 1 fully saturated rings. The van der Waals surface area contributed by atoms with Gasteiger partial charge in [0, 0.05) is 0 Å². The van der Waals surface area contributed by atoms with Crippen molar-refractivity contribution in [2.75, 3.05) is 0 Å². The van der Waals surface area contributed by atoms with Crippen LogP contribution in [0.1, 0.15) is 40.5 Å². The highest BCUT2D eigenvalue weighted by Crippen LogP contribution is 2.37. The van der Waals surface area contributed by atoms with Gasteiger partial charge >= 0.3 is 0 Å². The summed E-state index contributed by atoms with van der Waals surface area (Å²) in [5, 5.41) is 19.9. The molecule has 0 aromatic rings. The van der Waals surface area contributed by atoms with Gasteiger partial charge in [-0.3, -0.25) is 0 Å². The molecule has 2 nitrogen and oxygen atoms in total. The molecule has 0 aromatic heterocycles. The minimum Gasteiger partial charge on any atom is -0.393 e. The van der Waals surface area contributed by atoms with E-state index in [1.165, 1.54) is 0 Å². The summed E-state index contributed by atoms with van der Waals surface area (Å²) in [6, 6.07) is 0. The second-order valence-corrected chi connectivity index (χ2v) is 5.42. The molecule has 1 saturated carbocycles. The Morgan fingerprint density at radius 3 is 1.29 bits per heavy atom. The lowest BCUT2D eigenvalue weighted by Gasteiger charge is -2.40. The topological polar surface area (TPSA) is 40.5 Å². The van der Waals surface area contributed by atoms with Crippen LogP contribution in [0.2, 0.25) is 0 Å². The third kappa shape index (κ3) is 2.48. The van der Waals surface area contributed by atoms with E-state index in [1.807, 2.05) is 0 Å². The predicted molar refractivity (Wildman–Crippen MR) is 57.9 cm³/mol. The molecule has 1 rings (SSSR count). The van der Waals surface area contributed by atoms with E-state index in [0.29, 0.717) is 11.8 Å². The van der Waals surface area contributed by atoms with E-state index in [0.717, 1.165) is 12.8 Å². The number of hydrogen-bond donors (Lipinski definition) is 2. The Hall–Kier alpha value is -0.0800. The Labute approximate surface area is 87.3 Å². The van der Waals surface area contributed by atoms with Gasteiger partial charge in [0.25, 0.3) is 0 Å². The SMILES string of the molecule is CC(C)C1C[C@H](O)[C@@H](C(C)C)C[C@@H]1O. The van der Waals surface area contributed by atoms with Crippen LogP contribution >= 0.6 is 0 Å². The van der Waals surface area contributed by atoms with Crippen LogP contribution in [-0.2, 0) is 0 Å². The number of aliphatic hydroxyl groups is 2. The number of rotatable bonds is 2. The highest BCUT2D eigenvalue weighted by molar-refractivity contribution is 4.87. The van der Waals surface area contributed by atoms with Crippen molar-refractivity contribution in [3.05, 3.63) is 0 Å². The van der Waals surface area contributed by atoms with Gasteiger partial charge in [0.15, 0.2) is 0 Å². The molecule has 2 N–H and O–H groups in total. The van der Waals surface area contributed by atoms with Crippen molar-refractivity contribution < 1.29 is 10.2 Å². The monoisotopic (exact) mass is 200 g/mol. The molecule has 1 aliphatic rings. The third-order valence-electron chi connectivity index (χ3n) is 3.73. The molecule has 0 bridgehead atoms. The Morgan fingerprint density at radius 2 is 1.07 bits per heavy atom. The second-order valence-electron chi connectivity index (χ2n) is 5.42. The van der Waals surface area contributed by atoms with Crippen LogP contribution in [0.4, 0.5) is 0 Å². The Bertz CT molecular complexity index is 157. The normalized spacial score (nSPS) is 39.4. The van der Waals surface area contributed by atoms with E-state index in [1.54, 1.807) is 0 Å². The molecule has 0 heterocycles. The van der Waals surface area contributed by atoms with Crippen LogP contribution in [0, 0.1) is 23.7 Å². The lowest BCUT2D eigenvalue weighted by Crippen LogP contribution is -2.42. The van der Waals surface area contributed by atoms with Crippen molar-refractivity contribution in [1.82, 2.24) is 0 Å². The lowest BCUT2D eigenvalue weighted by molar-refractivity contribution is -0.0597. The zero-order valence-corrected chi connectivity index (χ0v) is 9.77. The fourth-order valence-electron chi connectivity index (χ4n) is 2.65. The lowest BCUT2D eigenvalue weighted by atomic mass is 9.70. The van der Waals surface area contributed by atoms with Crippen molar-refractivity contribution in [3.8, 4) is 0 Å². The standard InChI is InChI=1S/C12H24O2/c1-7(2)9-5-12(14)10(8(3)4)6-11(9)13/h7-14H,5-6H2,1-4H3/t9-,10?,11+,12+/m1/s1. The van der Waals surface area contributed by atoms with Gasteiger partial charge in [-0.15, -0.1) is 0 Å². The van der Waals surface area contributed by atoms with E-state index < -0.39 is 0 Å². The first-order chi connectivity index (χ1) is 6.43. The maximum atomic E-state index is 9.97. The molecule has 0 saturated heterocycles. The predicted octanol–water partition coefficient (Wildman–Crippen LogP) is 2.05. The quantitative estimate of drug-likeness (QED) is 0.716. The molecule has 1 aliphatic carbocycles. The molecular weight excluding hydrogens is 176 g/mol. The van der Waals surface area contributed by atoms with Gasteiger partial charge in [0.05, 0.1) is 12.2 Å². The van der Waals surface area contributed by atoms with Gasteiger partial charge in [-0.25, -0.2) is 0 Å². The Balaban J connectivity index is 2.62. The van der Waals surface area contributed by atoms with Crippen molar-refractivity contribution in [3.63, 3.8) is 0 Å². The molecule has 0 aromatic carbocycles. The minimum absolute atomic E-state index is 0.217. The zero-order chi connectivity index (χ0) is 10.9. The molecule has 4 atom stereocenters. The fourth-order valence-corrected chi connectivity index (χ4v) is 2.65. The van der Waals surface area contributed by atoms with Gasteiger partial charge in [-0.2, -0.15) is 0 Å². The summed E-state index contributed by atoms with van der Waals surface area (Å²) in [6.45, 7) is 8.49. The summed E-state index contributed by atoms with van der Waals surface area (Å²) in [5.41, 5.74) is 0. The van der Waals surface area contributed by atoms with Crippen LogP contribution in [0.3, 0.4) is 0 Å². The molecule has 14 heavy (non-hydrogen) atoms. The first-order valence-electron chi connectivity index (χ1n) is 5.79. The first kappa shape index (κ1) is 12.0. The molecular formula is C12H24O2. The van der Waals surface area contributed by atoms with Crippen LogP contribution in [0.15, 0.2) is 0 Å². The van der Waals surface area contributed by atoms with E-state index >= 15 is 0 Å². The van der Waals surface area contributed by atoms with Gasteiger partial charge in [-0.05, 0) is 36.5 Å². The average molecular weight is 200 g/mol. The van der Waals surface area contributed by atoms with Gasteiger partial charge < -0.3 is 10.2 Å². The largest absolute Gasteiger partial charge is 0.393 e. The van der Waals surface area contributed by atoms with Gasteiger partial charge in [-0.1, -0.05) is 27.7 Å². The summed E-state index contributed by atoms with van der Waals surface area (Å²) < 4.78 is 0. The second kappa shape index (κ2) is 4.63. The maximum absolute atomic E-state index is 9.97. The molecule has 2 heteroatoms.